The van der Waals surface area contributed by atoms with Gasteiger partial charge in [-0.2, -0.15) is 0 Å². The number of nitrogens with zero attached hydrogens (tertiary/aromatic N) is 2. The summed E-state index contributed by atoms with van der Waals surface area (Å²) in [7, 11) is 0. The molecule has 4 aromatic carbocycles. The highest BCUT2D eigenvalue weighted by molar-refractivity contribution is 6.68. The molecule has 200 valence electrons. The topological polar surface area (TPSA) is 118 Å². The maximum atomic E-state index is 13.1. The van der Waals surface area contributed by atoms with Gasteiger partial charge in [0.2, 0.25) is 0 Å². The largest absolute Gasteiger partial charge is 0.457 e. The molecule has 2 aliphatic heterocycles. The smallest absolute Gasteiger partial charge is 0.266 e. The van der Waals surface area contributed by atoms with Crippen molar-refractivity contribution in [3.63, 3.8) is 0 Å². The summed E-state index contributed by atoms with van der Waals surface area (Å²) < 4.78 is 5.89. The van der Waals surface area contributed by atoms with Gasteiger partial charge in [0.15, 0.2) is 0 Å². The minimum absolute atomic E-state index is 0.113. The summed E-state index contributed by atoms with van der Waals surface area (Å²) in [6.07, 6.45) is 0. The van der Waals surface area contributed by atoms with Crippen LogP contribution in [0.1, 0.15) is 62.1 Å². The maximum Gasteiger partial charge on any atom is 0.266 e. The highest BCUT2D eigenvalue weighted by Gasteiger charge is 2.38. The lowest BCUT2D eigenvalue weighted by molar-refractivity contribution is 0.0910. The molecule has 0 spiro atoms. The number of benzene rings is 4. The minimum Gasteiger partial charge on any atom is -0.457 e. The number of carbonyl (C=O) groups is 6. The Labute approximate surface area is 241 Å². The molecular weight excluding hydrogens is 571 g/mol. The fraction of sp³-hybridized carbons (Fsp3) is 0. The van der Waals surface area contributed by atoms with Crippen molar-refractivity contribution in [1.29, 1.82) is 0 Å². The molecule has 0 radical (unpaired) electrons. The van der Waals surface area contributed by atoms with E-state index in [1.807, 2.05) is 0 Å². The van der Waals surface area contributed by atoms with Gasteiger partial charge in [-0.1, -0.05) is 0 Å². The van der Waals surface area contributed by atoms with E-state index >= 15 is 0 Å². The summed E-state index contributed by atoms with van der Waals surface area (Å²) in [5.41, 5.74) is 1.57. The molecule has 0 saturated carbocycles. The molecule has 41 heavy (non-hydrogen) atoms. The number of halogens is 2. The van der Waals surface area contributed by atoms with Gasteiger partial charge >= 0.3 is 0 Å². The van der Waals surface area contributed by atoms with Crippen molar-refractivity contribution in [2.75, 3.05) is 9.80 Å². The summed E-state index contributed by atoms with van der Waals surface area (Å²) in [5, 5.41) is -1.32. The third-order valence-corrected chi connectivity index (χ3v) is 7.09. The Morgan fingerprint density at radius 1 is 0.488 bits per heavy atom. The Bertz CT molecular complexity index is 1720. The average Bonchev–Trinajstić information content (AvgIpc) is 3.36. The van der Waals surface area contributed by atoms with Gasteiger partial charge in [0, 0.05) is 11.1 Å². The van der Waals surface area contributed by atoms with Gasteiger partial charge < -0.3 is 4.74 Å². The van der Waals surface area contributed by atoms with Crippen molar-refractivity contribution >= 4 is 68.7 Å². The van der Waals surface area contributed by atoms with E-state index in [0.717, 1.165) is 9.80 Å². The van der Waals surface area contributed by atoms with Gasteiger partial charge in [-0.3, -0.25) is 28.8 Å². The lowest BCUT2D eigenvalue weighted by Gasteiger charge is -2.13. The molecule has 6 rings (SSSR count). The number of hydrogen-bond acceptors (Lipinski definition) is 7. The summed E-state index contributed by atoms with van der Waals surface area (Å²) in [6.45, 7) is 0. The lowest BCUT2D eigenvalue weighted by Crippen LogP contribution is -2.29. The zero-order valence-electron chi connectivity index (χ0n) is 20.6. The van der Waals surface area contributed by atoms with Crippen molar-refractivity contribution in [2.24, 2.45) is 0 Å². The van der Waals surface area contributed by atoms with Crippen LogP contribution in [0.5, 0.6) is 11.5 Å². The Hall–Kier alpha value is -5.12. The number of fused-ring (bicyclic) bond motifs is 2. The highest BCUT2D eigenvalue weighted by Crippen LogP contribution is 2.35. The van der Waals surface area contributed by atoms with Crippen LogP contribution in [0.25, 0.3) is 0 Å². The minimum atomic E-state index is -0.662. The van der Waals surface area contributed by atoms with Crippen molar-refractivity contribution in [3.8, 4) is 11.5 Å². The fourth-order valence-electron chi connectivity index (χ4n) is 4.66. The van der Waals surface area contributed by atoms with Gasteiger partial charge in [-0.05, 0) is 108 Å². The van der Waals surface area contributed by atoms with E-state index in [9.17, 15) is 28.8 Å². The second-order valence-corrected chi connectivity index (χ2v) is 9.74. The number of ether oxygens (including phenoxy) is 1. The number of imide groups is 2. The van der Waals surface area contributed by atoms with Gasteiger partial charge in [0.05, 0.1) is 33.6 Å². The van der Waals surface area contributed by atoms with Gasteiger partial charge in [0.1, 0.15) is 11.5 Å². The first-order chi connectivity index (χ1) is 19.6. The first-order valence-corrected chi connectivity index (χ1v) is 12.7. The van der Waals surface area contributed by atoms with Crippen LogP contribution in [-0.4, -0.2) is 34.1 Å². The Morgan fingerprint density at radius 3 is 1.17 bits per heavy atom. The predicted molar refractivity (Wildman–Crippen MR) is 148 cm³/mol. The molecule has 0 aliphatic carbocycles. The molecule has 0 unspecified atom stereocenters. The van der Waals surface area contributed by atoms with Crippen molar-refractivity contribution in [3.05, 3.63) is 118 Å². The monoisotopic (exact) mass is 584 g/mol. The number of amides is 4. The maximum absolute atomic E-state index is 13.1. The molecule has 2 heterocycles. The Morgan fingerprint density at radius 2 is 0.829 bits per heavy atom. The van der Waals surface area contributed by atoms with Crippen LogP contribution < -0.4 is 14.5 Å². The van der Waals surface area contributed by atoms with Crippen molar-refractivity contribution < 1.29 is 33.5 Å². The first kappa shape index (κ1) is 26.1. The molecule has 0 bridgehead atoms. The van der Waals surface area contributed by atoms with Crippen LogP contribution in [0, 0.1) is 0 Å². The summed E-state index contributed by atoms with van der Waals surface area (Å²) in [5.74, 6) is -1.77. The second-order valence-electron chi connectivity index (χ2n) is 9.05. The van der Waals surface area contributed by atoms with Gasteiger partial charge in [-0.25, -0.2) is 9.80 Å². The van der Waals surface area contributed by atoms with Crippen LogP contribution in [0.15, 0.2) is 84.9 Å². The van der Waals surface area contributed by atoms with E-state index in [1.54, 1.807) is 0 Å². The van der Waals surface area contributed by atoms with Crippen molar-refractivity contribution in [1.82, 2.24) is 0 Å². The van der Waals surface area contributed by atoms with E-state index in [4.69, 9.17) is 27.9 Å². The third kappa shape index (κ3) is 4.37. The number of hydrogen-bond donors (Lipinski definition) is 0. The lowest BCUT2D eigenvalue weighted by atomic mass is 10.1. The summed E-state index contributed by atoms with van der Waals surface area (Å²) in [4.78, 5) is 76.8. The molecule has 0 aromatic heterocycles. The molecule has 0 N–H and O–H groups in total. The molecule has 0 saturated heterocycles. The van der Waals surface area contributed by atoms with Crippen LogP contribution in [0.2, 0.25) is 0 Å². The molecule has 4 aromatic rings. The summed E-state index contributed by atoms with van der Waals surface area (Å²) >= 11 is 10.9. The molecule has 9 nitrogen and oxygen atoms in total. The van der Waals surface area contributed by atoms with Gasteiger partial charge in [-0.15, -0.1) is 0 Å². The zero-order chi connectivity index (χ0) is 29.0. The van der Waals surface area contributed by atoms with Crippen LogP contribution >= 0.6 is 23.2 Å². The van der Waals surface area contributed by atoms with Crippen LogP contribution in [0.4, 0.5) is 11.4 Å². The van der Waals surface area contributed by atoms with Gasteiger partial charge in [0.25, 0.3) is 34.1 Å². The Kier molecular flexibility index (Phi) is 6.25. The summed E-state index contributed by atoms with van der Waals surface area (Å²) in [6, 6.07) is 20.2. The van der Waals surface area contributed by atoms with E-state index in [0.29, 0.717) is 0 Å². The molecule has 4 amide bonds. The van der Waals surface area contributed by atoms with Crippen molar-refractivity contribution in [2.45, 2.75) is 0 Å². The number of rotatable bonds is 6. The zero-order valence-corrected chi connectivity index (χ0v) is 22.1. The van der Waals surface area contributed by atoms with Crippen LogP contribution in [-0.2, 0) is 0 Å². The average molecular weight is 585 g/mol. The normalized spacial score (nSPS) is 13.9. The molecule has 2 aliphatic rings. The quantitative estimate of drug-likeness (QED) is 0.206. The van der Waals surface area contributed by atoms with E-state index < -0.39 is 34.1 Å². The fourth-order valence-corrected chi connectivity index (χ4v) is 4.91. The molecule has 11 heteroatoms. The standard InChI is InChI=1S/C30H14Cl2N2O7/c31-25(35)15-1-5-17(6-2-15)33-27(37)21-11-9-19(13-23(21)29(33)39)41-20-10-12-22-24(14-20)30(40)34(28(22)38)18-7-3-16(4-8-18)26(32)36/h1-14H. The van der Waals surface area contributed by atoms with E-state index in [2.05, 4.69) is 0 Å². The number of carbonyl (C=O) groups excluding carboxylic acids is 6. The second kappa shape index (κ2) is 9.81. The third-order valence-electron chi connectivity index (χ3n) is 6.66. The Balaban J connectivity index is 1.24. The molecule has 0 atom stereocenters. The number of anilines is 2. The van der Waals surface area contributed by atoms with E-state index in [1.165, 1.54) is 84.9 Å². The van der Waals surface area contributed by atoms with E-state index in [-0.39, 0.29) is 56.3 Å². The van der Waals surface area contributed by atoms with Crippen LogP contribution in [0.3, 0.4) is 0 Å². The molecule has 0 fully saturated rings. The predicted octanol–water partition coefficient (Wildman–Crippen LogP) is 5.84. The first-order valence-electron chi connectivity index (χ1n) is 12.0. The SMILES string of the molecule is O=C(Cl)c1ccc(N2C(=O)c3ccc(Oc4ccc5c(c4)C(=O)N(c4ccc(C(=O)Cl)cc4)C5=O)cc3C2=O)cc1. The molecular formula is C30H14Cl2N2O7. The highest BCUT2D eigenvalue weighted by atomic mass is 35.5.